The van der Waals surface area contributed by atoms with Crippen molar-refractivity contribution in [1.82, 2.24) is 9.80 Å². The molecule has 0 bridgehead atoms. The Balaban J connectivity index is 1.98. The Kier molecular flexibility index (Phi) is 3.10. The van der Waals surface area contributed by atoms with Gasteiger partial charge in [-0.3, -0.25) is 9.69 Å². The van der Waals surface area contributed by atoms with Gasteiger partial charge >= 0.3 is 0 Å². The van der Waals surface area contributed by atoms with E-state index in [1.807, 2.05) is 24.8 Å². The van der Waals surface area contributed by atoms with E-state index >= 15 is 0 Å². The van der Waals surface area contributed by atoms with Crippen LogP contribution in [0.25, 0.3) is 0 Å². The first-order valence-corrected chi connectivity index (χ1v) is 5.88. The van der Waals surface area contributed by atoms with Crippen molar-refractivity contribution in [3.8, 4) is 0 Å². The molecule has 2 saturated heterocycles. The topological polar surface area (TPSA) is 23.6 Å². The smallest absolute Gasteiger partial charge is 0.249 e. The molecule has 84 valence electrons. The number of fused-ring (bicyclic) bond motifs is 1. The van der Waals surface area contributed by atoms with E-state index in [-0.39, 0.29) is 5.91 Å². The molecule has 15 heavy (non-hydrogen) atoms. The van der Waals surface area contributed by atoms with Gasteiger partial charge in [-0.05, 0) is 33.2 Å². The number of hydrogen-bond acceptors (Lipinski definition) is 2. The number of carbonyl (C=O) groups is 1. The molecule has 2 rings (SSSR count). The van der Waals surface area contributed by atoms with E-state index in [1.54, 1.807) is 0 Å². The highest BCUT2D eigenvalue weighted by molar-refractivity contribution is 5.92. The highest BCUT2D eigenvalue weighted by Gasteiger charge is 2.32. The van der Waals surface area contributed by atoms with Crippen LogP contribution in [0.1, 0.15) is 26.7 Å². The molecule has 0 saturated carbocycles. The molecule has 2 aliphatic rings. The second-order valence-electron chi connectivity index (χ2n) is 4.55. The molecule has 2 aliphatic heterocycles. The number of piperazine rings is 1. The first-order valence-electron chi connectivity index (χ1n) is 5.88. The molecule has 1 unspecified atom stereocenters. The van der Waals surface area contributed by atoms with E-state index in [1.165, 1.54) is 19.4 Å². The molecule has 2 heterocycles. The Morgan fingerprint density at radius 1 is 1.33 bits per heavy atom. The van der Waals surface area contributed by atoms with E-state index in [0.717, 1.165) is 25.2 Å². The van der Waals surface area contributed by atoms with E-state index in [9.17, 15) is 4.79 Å². The average molecular weight is 208 g/mol. The van der Waals surface area contributed by atoms with Gasteiger partial charge in [0.1, 0.15) is 0 Å². The molecule has 1 atom stereocenters. The summed E-state index contributed by atoms with van der Waals surface area (Å²) >= 11 is 0. The summed E-state index contributed by atoms with van der Waals surface area (Å²) in [4.78, 5) is 16.5. The molecule has 0 aromatic carbocycles. The van der Waals surface area contributed by atoms with Crippen molar-refractivity contribution in [2.45, 2.75) is 32.7 Å². The molecule has 3 nitrogen and oxygen atoms in total. The van der Waals surface area contributed by atoms with Crippen LogP contribution in [-0.4, -0.2) is 47.9 Å². The molecule has 0 spiro atoms. The van der Waals surface area contributed by atoms with E-state index in [4.69, 9.17) is 0 Å². The van der Waals surface area contributed by atoms with Gasteiger partial charge in [-0.25, -0.2) is 0 Å². The molecule has 0 aromatic rings. The maximum Gasteiger partial charge on any atom is 0.249 e. The van der Waals surface area contributed by atoms with Crippen LogP contribution in [0, 0.1) is 0 Å². The predicted molar refractivity (Wildman–Crippen MR) is 60.6 cm³/mol. The molecule has 2 fully saturated rings. The normalized spacial score (nSPS) is 28.0. The Morgan fingerprint density at radius 2 is 2.13 bits per heavy atom. The fourth-order valence-electron chi connectivity index (χ4n) is 2.55. The molecular formula is C12H20N2O. The lowest BCUT2D eigenvalue weighted by molar-refractivity contribution is -0.129. The third kappa shape index (κ3) is 2.07. The van der Waals surface area contributed by atoms with Crippen molar-refractivity contribution >= 4 is 5.91 Å². The first-order chi connectivity index (χ1) is 7.22. The fourth-order valence-corrected chi connectivity index (χ4v) is 2.55. The van der Waals surface area contributed by atoms with Crippen molar-refractivity contribution < 1.29 is 4.79 Å². The summed E-state index contributed by atoms with van der Waals surface area (Å²) in [5, 5.41) is 0. The highest BCUT2D eigenvalue weighted by Crippen LogP contribution is 2.22. The number of hydrogen-bond donors (Lipinski definition) is 0. The van der Waals surface area contributed by atoms with Gasteiger partial charge in [0.05, 0.1) is 0 Å². The minimum Gasteiger partial charge on any atom is -0.336 e. The van der Waals surface area contributed by atoms with Crippen LogP contribution < -0.4 is 0 Å². The van der Waals surface area contributed by atoms with Gasteiger partial charge in [0.15, 0.2) is 0 Å². The van der Waals surface area contributed by atoms with Crippen molar-refractivity contribution in [3.05, 3.63) is 11.6 Å². The summed E-state index contributed by atoms with van der Waals surface area (Å²) < 4.78 is 0. The Labute approximate surface area is 91.7 Å². The predicted octanol–water partition coefficient (Wildman–Crippen LogP) is 1.26. The van der Waals surface area contributed by atoms with Gasteiger partial charge in [0, 0.05) is 31.2 Å². The zero-order chi connectivity index (χ0) is 10.8. The Bertz CT molecular complexity index is 285. The van der Waals surface area contributed by atoms with Crippen molar-refractivity contribution in [2.24, 2.45) is 0 Å². The molecule has 0 N–H and O–H groups in total. The standard InChI is InChI=1S/C12H20N2O/c1-3-10(2)12(15)14-8-7-13-6-4-5-11(13)9-14/h3,11H,4-9H2,1-2H3. The van der Waals surface area contributed by atoms with Crippen LogP contribution in [0.4, 0.5) is 0 Å². The van der Waals surface area contributed by atoms with Crippen LogP contribution in [0.3, 0.4) is 0 Å². The summed E-state index contributed by atoms with van der Waals surface area (Å²) in [6.45, 7) is 7.97. The second-order valence-corrected chi connectivity index (χ2v) is 4.55. The van der Waals surface area contributed by atoms with Crippen LogP contribution in [0.15, 0.2) is 11.6 Å². The summed E-state index contributed by atoms with van der Waals surface area (Å²) in [6, 6.07) is 0.632. The highest BCUT2D eigenvalue weighted by atomic mass is 16.2. The van der Waals surface area contributed by atoms with Gasteiger partial charge in [-0.2, -0.15) is 0 Å². The van der Waals surface area contributed by atoms with Crippen molar-refractivity contribution in [2.75, 3.05) is 26.2 Å². The molecular weight excluding hydrogens is 188 g/mol. The SMILES string of the molecule is CC=C(C)C(=O)N1CCN2CCCC2C1. The Morgan fingerprint density at radius 3 is 2.87 bits per heavy atom. The van der Waals surface area contributed by atoms with Crippen LogP contribution >= 0.6 is 0 Å². The van der Waals surface area contributed by atoms with E-state index < -0.39 is 0 Å². The molecule has 0 aliphatic carbocycles. The van der Waals surface area contributed by atoms with E-state index in [2.05, 4.69) is 4.90 Å². The Hall–Kier alpha value is -0.830. The molecule has 1 amide bonds. The van der Waals surface area contributed by atoms with Crippen LogP contribution in [0.2, 0.25) is 0 Å². The zero-order valence-electron chi connectivity index (χ0n) is 9.70. The number of allylic oxidation sites excluding steroid dienone is 1. The maximum atomic E-state index is 12.0. The number of carbonyl (C=O) groups excluding carboxylic acids is 1. The molecule has 3 heteroatoms. The largest absolute Gasteiger partial charge is 0.336 e. The third-order valence-corrected chi connectivity index (χ3v) is 3.64. The zero-order valence-corrected chi connectivity index (χ0v) is 9.70. The van der Waals surface area contributed by atoms with Crippen molar-refractivity contribution in [1.29, 1.82) is 0 Å². The summed E-state index contributed by atoms with van der Waals surface area (Å²) in [7, 11) is 0. The van der Waals surface area contributed by atoms with Crippen molar-refractivity contribution in [3.63, 3.8) is 0 Å². The average Bonchev–Trinajstić information content (AvgIpc) is 2.73. The number of rotatable bonds is 1. The second kappa shape index (κ2) is 4.35. The minimum absolute atomic E-state index is 0.226. The van der Waals surface area contributed by atoms with Gasteiger partial charge in [-0.1, -0.05) is 6.08 Å². The fraction of sp³-hybridized carbons (Fsp3) is 0.750. The summed E-state index contributed by atoms with van der Waals surface area (Å²) in [6.07, 6.45) is 4.47. The lowest BCUT2D eigenvalue weighted by Gasteiger charge is -2.37. The lowest BCUT2D eigenvalue weighted by atomic mass is 10.1. The monoisotopic (exact) mass is 208 g/mol. The number of nitrogens with zero attached hydrogens (tertiary/aromatic N) is 2. The van der Waals surface area contributed by atoms with Gasteiger partial charge in [0.25, 0.3) is 0 Å². The minimum atomic E-state index is 0.226. The lowest BCUT2D eigenvalue weighted by Crippen LogP contribution is -2.52. The number of amides is 1. The van der Waals surface area contributed by atoms with Crippen LogP contribution in [0.5, 0.6) is 0 Å². The third-order valence-electron chi connectivity index (χ3n) is 3.64. The van der Waals surface area contributed by atoms with E-state index in [0.29, 0.717) is 6.04 Å². The van der Waals surface area contributed by atoms with Crippen LogP contribution in [-0.2, 0) is 4.79 Å². The van der Waals surface area contributed by atoms with Gasteiger partial charge < -0.3 is 4.90 Å². The first kappa shape index (κ1) is 10.7. The maximum absolute atomic E-state index is 12.0. The van der Waals surface area contributed by atoms with Gasteiger partial charge in [0.2, 0.25) is 5.91 Å². The summed E-state index contributed by atoms with van der Waals surface area (Å²) in [5.41, 5.74) is 0.876. The molecule has 0 radical (unpaired) electrons. The summed E-state index contributed by atoms with van der Waals surface area (Å²) in [5.74, 6) is 0.226. The quantitative estimate of drug-likeness (QED) is 0.606. The van der Waals surface area contributed by atoms with Gasteiger partial charge in [-0.15, -0.1) is 0 Å². The molecule has 0 aromatic heterocycles.